The minimum Gasteiger partial charge on any atom is -0.303 e. The molecule has 106 valence electrons. The molecule has 0 saturated heterocycles. The van der Waals surface area contributed by atoms with E-state index in [0.29, 0.717) is 6.54 Å². The van der Waals surface area contributed by atoms with Crippen LogP contribution in [0.4, 0.5) is 0 Å². The van der Waals surface area contributed by atoms with Gasteiger partial charge in [0.05, 0.1) is 12.2 Å². The Morgan fingerprint density at radius 3 is 2.76 bits per heavy atom. The van der Waals surface area contributed by atoms with Gasteiger partial charge in [0, 0.05) is 18.4 Å². The van der Waals surface area contributed by atoms with Gasteiger partial charge in [0.15, 0.2) is 5.82 Å². The Kier molecular flexibility index (Phi) is 3.97. The van der Waals surface area contributed by atoms with Crippen molar-refractivity contribution < 1.29 is 0 Å². The van der Waals surface area contributed by atoms with Crippen LogP contribution in [-0.2, 0) is 6.54 Å². The first-order chi connectivity index (χ1) is 10.3. The molecule has 0 saturated carbocycles. The smallest absolute Gasteiger partial charge is 0.170 e. The minimum atomic E-state index is 0.180. The lowest BCUT2D eigenvalue weighted by atomic mass is 10.1. The summed E-state index contributed by atoms with van der Waals surface area (Å²) in [6.45, 7) is 2.67. The molecule has 1 aromatic carbocycles. The zero-order chi connectivity index (χ0) is 14.5. The highest BCUT2D eigenvalue weighted by atomic mass is 15.5. The van der Waals surface area contributed by atoms with E-state index in [2.05, 4.69) is 32.7 Å². The number of benzene rings is 1. The third-order valence-corrected chi connectivity index (χ3v) is 3.29. The highest BCUT2D eigenvalue weighted by Gasteiger charge is 2.10. The largest absolute Gasteiger partial charge is 0.303 e. The van der Waals surface area contributed by atoms with Gasteiger partial charge < -0.3 is 5.32 Å². The third kappa shape index (κ3) is 3.11. The summed E-state index contributed by atoms with van der Waals surface area (Å²) in [5, 5.41) is 15.3. The van der Waals surface area contributed by atoms with Gasteiger partial charge in [-0.2, -0.15) is 4.68 Å². The summed E-state index contributed by atoms with van der Waals surface area (Å²) in [7, 11) is 0. The van der Waals surface area contributed by atoms with E-state index in [1.807, 2.05) is 48.7 Å². The van der Waals surface area contributed by atoms with Gasteiger partial charge in [0.1, 0.15) is 0 Å². The molecule has 3 rings (SSSR count). The van der Waals surface area contributed by atoms with Crippen molar-refractivity contribution in [1.29, 1.82) is 0 Å². The number of pyridine rings is 1. The maximum absolute atomic E-state index is 4.13. The van der Waals surface area contributed by atoms with Crippen molar-refractivity contribution in [2.24, 2.45) is 0 Å². The Morgan fingerprint density at radius 1 is 1.14 bits per heavy atom. The van der Waals surface area contributed by atoms with Crippen molar-refractivity contribution >= 4 is 0 Å². The van der Waals surface area contributed by atoms with Gasteiger partial charge >= 0.3 is 0 Å². The lowest BCUT2D eigenvalue weighted by Crippen LogP contribution is -2.20. The van der Waals surface area contributed by atoms with E-state index < -0.39 is 0 Å². The number of para-hydroxylation sites is 1. The van der Waals surface area contributed by atoms with Crippen LogP contribution in [0.3, 0.4) is 0 Å². The lowest BCUT2D eigenvalue weighted by Gasteiger charge is -2.13. The fourth-order valence-corrected chi connectivity index (χ4v) is 2.08. The summed E-state index contributed by atoms with van der Waals surface area (Å²) in [5.74, 6) is 0.775. The van der Waals surface area contributed by atoms with E-state index in [0.717, 1.165) is 17.1 Å². The Morgan fingerprint density at radius 2 is 2.00 bits per heavy atom. The van der Waals surface area contributed by atoms with Crippen LogP contribution in [0.15, 0.2) is 54.9 Å². The molecule has 0 bridgehead atoms. The molecule has 2 aromatic heterocycles. The van der Waals surface area contributed by atoms with Crippen LogP contribution in [0.5, 0.6) is 0 Å². The zero-order valence-corrected chi connectivity index (χ0v) is 11.7. The van der Waals surface area contributed by atoms with Crippen LogP contribution < -0.4 is 5.32 Å². The van der Waals surface area contributed by atoms with Gasteiger partial charge in [-0.1, -0.05) is 24.3 Å². The summed E-state index contributed by atoms with van der Waals surface area (Å²) in [6.07, 6.45) is 3.63. The van der Waals surface area contributed by atoms with Crippen LogP contribution in [0.1, 0.15) is 24.4 Å². The van der Waals surface area contributed by atoms with Gasteiger partial charge in [0.2, 0.25) is 0 Å². The number of tetrazole rings is 1. The molecule has 0 spiro atoms. The van der Waals surface area contributed by atoms with Crippen molar-refractivity contribution in [2.45, 2.75) is 19.5 Å². The van der Waals surface area contributed by atoms with E-state index >= 15 is 0 Å². The molecule has 0 aliphatic rings. The number of hydrogen-bond donors (Lipinski definition) is 1. The van der Waals surface area contributed by atoms with Gasteiger partial charge in [0.25, 0.3) is 0 Å². The number of rotatable bonds is 5. The first-order valence-corrected chi connectivity index (χ1v) is 6.80. The van der Waals surface area contributed by atoms with Crippen molar-refractivity contribution in [3.05, 3.63) is 66.2 Å². The fourth-order valence-electron chi connectivity index (χ4n) is 2.08. The summed E-state index contributed by atoms with van der Waals surface area (Å²) in [5.41, 5.74) is 2.09. The van der Waals surface area contributed by atoms with Crippen molar-refractivity contribution in [3.63, 3.8) is 0 Å². The monoisotopic (exact) mass is 280 g/mol. The van der Waals surface area contributed by atoms with Gasteiger partial charge in [-0.25, -0.2) is 0 Å². The van der Waals surface area contributed by atoms with Crippen LogP contribution in [0.25, 0.3) is 5.69 Å². The van der Waals surface area contributed by atoms with E-state index in [1.165, 1.54) is 0 Å². The van der Waals surface area contributed by atoms with Crippen LogP contribution in [0, 0.1) is 0 Å². The first kappa shape index (κ1) is 13.4. The highest BCUT2D eigenvalue weighted by molar-refractivity contribution is 5.30. The van der Waals surface area contributed by atoms with E-state index in [9.17, 15) is 0 Å². The number of nitrogens with zero attached hydrogens (tertiary/aromatic N) is 5. The second-order valence-electron chi connectivity index (χ2n) is 4.73. The minimum absolute atomic E-state index is 0.180. The van der Waals surface area contributed by atoms with E-state index in [4.69, 9.17) is 0 Å². The van der Waals surface area contributed by atoms with Crippen LogP contribution in [-0.4, -0.2) is 25.2 Å². The molecular formula is C15H16N6. The van der Waals surface area contributed by atoms with Crippen molar-refractivity contribution in [2.75, 3.05) is 0 Å². The molecule has 6 heteroatoms. The SMILES string of the molecule is C[C@H](NCc1nnnn1-c1ccccc1)c1cccnc1. The molecule has 6 nitrogen and oxygen atoms in total. The highest BCUT2D eigenvalue weighted by Crippen LogP contribution is 2.12. The Hall–Kier alpha value is -2.60. The summed E-state index contributed by atoms with van der Waals surface area (Å²) in [6, 6.07) is 14.0. The molecule has 0 aliphatic carbocycles. The second kappa shape index (κ2) is 6.23. The van der Waals surface area contributed by atoms with Gasteiger partial charge in [-0.3, -0.25) is 4.98 Å². The molecule has 0 fully saturated rings. The average molecular weight is 280 g/mol. The topological polar surface area (TPSA) is 68.5 Å². The summed E-state index contributed by atoms with van der Waals surface area (Å²) >= 11 is 0. The summed E-state index contributed by atoms with van der Waals surface area (Å²) in [4.78, 5) is 4.13. The number of hydrogen-bond acceptors (Lipinski definition) is 5. The van der Waals surface area contributed by atoms with Crippen molar-refractivity contribution in [1.82, 2.24) is 30.5 Å². The predicted octanol–water partition coefficient (Wildman–Crippen LogP) is 1.91. The molecule has 0 radical (unpaired) electrons. The van der Waals surface area contributed by atoms with Gasteiger partial charge in [-0.05, 0) is 41.1 Å². The normalized spacial score (nSPS) is 12.2. The molecular weight excluding hydrogens is 264 g/mol. The molecule has 0 amide bonds. The number of nitrogens with one attached hydrogen (secondary N) is 1. The zero-order valence-electron chi connectivity index (χ0n) is 11.7. The molecule has 3 aromatic rings. The Labute approximate surface area is 122 Å². The van der Waals surface area contributed by atoms with Gasteiger partial charge in [-0.15, -0.1) is 5.10 Å². The van der Waals surface area contributed by atoms with E-state index in [1.54, 1.807) is 10.9 Å². The van der Waals surface area contributed by atoms with Crippen molar-refractivity contribution in [3.8, 4) is 5.69 Å². The summed E-state index contributed by atoms with van der Waals surface area (Å²) < 4.78 is 1.74. The lowest BCUT2D eigenvalue weighted by molar-refractivity contribution is 0.549. The Bertz CT molecular complexity index is 680. The second-order valence-corrected chi connectivity index (χ2v) is 4.73. The standard InChI is InChI=1S/C15H16N6/c1-12(13-6-5-9-16-10-13)17-11-15-18-19-20-21(15)14-7-3-2-4-8-14/h2-10,12,17H,11H2,1H3/t12-/m0/s1. The number of aromatic nitrogens is 5. The first-order valence-electron chi connectivity index (χ1n) is 6.80. The third-order valence-electron chi connectivity index (χ3n) is 3.29. The quantitative estimate of drug-likeness (QED) is 0.773. The maximum Gasteiger partial charge on any atom is 0.170 e. The Balaban J connectivity index is 1.71. The molecule has 1 N–H and O–H groups in total. The predicted molar refractivity (Wildman–Crippen MR) is 78.6 cm³/mol. The van der Waals surface area contributed by atoms with E-state index in [-0.39, 0.29) is 6.04 Å². The average Bonchev–Trinajstić information content (AvgIpc) is 3.03. The van der Waals surface area contributed by atoms with Crippen LogP contribution in [0.2, 0.25) is 0 Å². The molecule has 21 heavy (non-hydrogen) atoms. The fraction of sp³-hybridized carbons (Fsp3) is 0.200. The van der Waals surface area contributed by atoms with Crippen LogP contribution >= 0.6 is 0 Å². The maximum atomic E-state index is 4.13. The molecule has 0 unspecified atom stereocenters. The molecule has 0 aliphatic heterocycles. The molecule has 1 atom stereocenters. The molecule has 2 heterocycles.